The van der Waals surface area contributed by atoms with Gasteiger partial charge in [-0.15, -0.1) is 0 Å². The van der Waals surface area contributed by atoms with Crippen molar-refractivity contribution in [2.75, 3.05) is 6.61 Å². The smallest absolute Gasteiger partial charge is 0.453 e. The Morgan fingerprint density at radius 1 is 1.32 bits per heavy atom. The van der Waals surface area contributed by atoms with Gasteiger partial charge < -0.3 is 13.9 Å². The van der Waals surface area contributed by atoms with Crippen LogP contribution in [0.3, 0.4) is 0 Å². The van der Waals surface area contributed by atoms with E-state index >= 15 is 0 Å². The molecule has 1 unspecified atom stereocenters. The fourth-order valence-corrected chi connectivity index (χ4v) is 8.48. The lowest BCUT2D eigenvalue weighted by Gasteiger charge is -2.32. The molecule has 3 heterocycles. The summed E-state index contributed by atoms with van der Waals surface area (Å²) in [7, 11) is -2.07. The number of alkyl halides is 3. The summed E-state index contributed by atoms with van der Waals surface area (Å²) in [5, 5.41) is 0. The highest BCUT2D eigenvalue weighted by atomic mass is 28.4. The minimum atomic E-state index is -5.14. The third-order valence-corrected chi connectivity index (χ3v) is 11.4. The number of hydrogen-bond donors (Lipinski definition) is 1. The molecule has 2 aliphatic rings. The second-order valence-corrected chi connectivity index (χ2v) is 13.1. The minimum Gasteiger partial charge on any atom is -0.453 e. The Kier molecular flexibility index (Phi) is 6.82. The van der Waals surface area contributed by atoms with Gasteiger partial charge in [-0.1, -0.05) is 26.7 Å². The molecule has 0 aromatic carbocycles. The Bertz CT molecular complexity index is 922. The average molecular weight is 465 g/mol. The Morgan fingerprint density at radius 3 is 2.55 bits per heavy atom. The first-order valence-electron chi connectivity index (χ1n) is 10.3. The molecule has 1 N–H and O–H groups in total. The van der Waals surface area contributed by atoms with Gasteiger partial charge in [-0.2, -0.15) is 13.2 Å². The predicted octanol–water partition coefficient (Wildman–Crippen LogP) is 2.77. The first kappa shape index (κ1) is 23.7. The zero-order chi connectivity index (χ0) is 23.0. The fraction of sp³-hybridized carbons (Fsp3) is 0.737. The van der Waals surface area contributed by atoms with Crippen LogP contribution in [0.1, 0.15) is 44.9 Å². The number of carbonyl (C=O) groups excluding carboxylic acids is 1. The van der Waals surface area contributed by atoms with E-state index in [2.05, 4.69) is 18.8 Å². The van der Waals surface area contributed by atoms with Crippen LogP contribution in [0.15, 0.2) is 15.8 Å². The number of aryl methyl sites for hydroxylation is 1. The summed E-state index contributed by atoms with van der Waals surface area (Å²) in [6, 6.07) is 1.93. The molecular weight excluding hydrogens is 437 g/mol. The third-order valence-electron chi connectivity index (χ3n) is 6.16. The van der Waals surface area contributed by atoms with Crippen LogP contribution in [0.2, 0.25) is 17.6 Å². The van der Waals surface area contributed by atoms with E-state index in [1.54, 1.807) is 0 Å². The highest BCUT2D eigenvalue weighted by Gasteiger charge is 2.48. The van der Waals surface area contributed by atoms with Crippen LogP contribution in [0.4, 0.5) is 13.2 Å². The molecule has 0 amide bonds. The molecule has 2 aliphatic heterocycles. The molecule has 0 spiro atoms. The number of aromatic amines is 1. The SMILES string of the molecule is Cc1cn([C@@H]2CC(OC(=O)C(F)(F)F)[C@H](CO[Si]3(C(C)C)CCCC3)O2)c(=O)[nH]c1=O. The monoisotopic (exact) mass is 464 g/mol. The topological polar surface area (TPSA) is 99.6 Å². The van der Waals surface area contributed by atoms with Crippen molar-refractivity contribution in [1.82, 2.24) is 9.55 Å². The number of halogens is 3. The minimum absolute atomic E-state index is 0.0200. The lowest BCUT2D eigenvalue weighted by atomic mass is 10.2. The molecule has 0 bridgehead atoms. The summed E-state index contributed by atoms with van der Waals surface area (Å²) in [6.07, 6.45) is -5.13. The van der Waals surface area contributed by atoms with Crippen LogP contribution in [0.25, 0.3) is 0 Å². The van der Waals surface area contributed by atoms with E-state index in [0.29, 0.717) is 5.54 Å². The molecule has 0 aliphatic carbocycles. The van der Waals surface area contributed by atoms with Crippen molar-refractivity contribution in [2.24, 2.45) is 0 Å². The van der Waals surface area contributed by atoms with Crippen molar-refractivity contribution < 1.29 is 31.9 Å². The zero-order valence-electron chi connectivity index (χ0n) is 17.7. The number of ether oxygens (including phenoxy) is 2. The molecule has 2 fully saturated rings. The number of nitrogens with one attached hydrogen (secondary N) is 1. The van der Waals surface area contributed by atoms with E-state index in [0.717, 1.165) is 29.5 Å². The molecule has 174 valence electrons. The van der Waals surface area contributed by atoms with E-state index in [9.17, 15) is 27.6 Å². The van der Waals surface area contributed by atoms with Crippen LogP contribution in [-0.4, -0.2) is 48.8 Å². The van der Waals surface area contributed by atoms with Gasteiger partial charge in [0.15, 0.2) is 8.32 Å². The van der Waals surface area contributed by atoms with Gasteiger partial charge in [0, 0.05) is 18.2 Å². The second kappa shape index (κ2) is 8.91. The average Bonchev–Trinajstić information content (AvgIpc) is 3.30. The van der Waals surface area contributed by atoms with Gasteiger partial charge in [0.05, 0.1) is 6.61 Å². The summed E-state index contributed by atoms with van der Waals surface area (Å²) in [5.74, 6) is -2.31. The third kappa shape index (κ3) is 5.12. The van der Waals surface area contributed by atoms with Crippen LogP contribution in [-0.2, 0) is 18.7 Å². The van der Waals surface area contributed by atoms with E-state index in [1.165, 1.54) is 13.1 Å². The van der Waals surface area contributed by atoms with E-state index in [4.69, 9.17) is 13.9 Å². The number of H-pyrrole nitrogens is 1. The van der Waals surface area contributed by atoms with Crippen molar-refractivity contribution in [3.63, 3.8) is 0 Å². The van der Waals surface area contributed by atoms with Gasteiger partial charge >= 0.3 is 17.8 Å². The molecular formula is C19H27F3N2O6Si. The van der Waals surface area contributed by atoms with Gasteiger partial charge in [0.1, 0.15) is 18.4 Å². The maximum absolute atomic E-state index is 12.8. The highest BCUT2D eigenvalue weighted by Crippen LogP contribution is 2.41. The molecule has 0 radical (unpaired) electrons. The van der Waals surface area contributed by atoms with Crippen LogP contribution in [0.5, 0.6) is 0 Å². The van der Waals surface area contributed by atoms with Crippen molar-refractivity contribution in [2.45, 2.75) is 82.3 Å². The maximum atomic E-state index is 12.8. The fourth-order valence-electron chi connectivity index (χ4n) is 4.26. The highest BCUT2D eigenvalue weighted by molar-refractivity contribution is 6.75. The molecule has 3 rings (SSSR count). The number of nitrogens with zero attached hydrogens (tertiary/aromatic N) is 1. The molecule has 31 heavy (non-hydrogen) atoms. The van der Waals surface area contributed by atoms with Crippen LogP contribution < -0.4 is 11.2 Å². The Hall–Kier alpha value is -1.92. The number of carbonyl (C=O) groups is 1. The van der Waals surface area contributed by atoms with Gasteiger partial charge in [-0.3, -0.25) is 14.3 Å². The van der Waals surface area contributed by atoms with Crippen molar-refractivity contribution in [3.05, 3.63) is 32.6 Å². The molecule has 1 aromatic rings. The van der Waals surface area contributed by atoms with Gasteiger partial charge in [0.2, 0.25) is 0 Å². The van der Waals surface area contributed by atoms with E-state index in [1.807, 2.05) is 0 Å². The van der Waals surface area contributed by atoms with Crippen molar-refractivity contribution in [1.29, 1.82) is 0 Å². The summed E-state index contributed by atoms with van der Waals surface area (Å²) >= 11 is 0. The maximum Gasteiger partial charge on any atom is 0.490 e. The number of hydrogen-bond acceptors (Lipinski definition) is 6. The number of aromatic nitrogens is 2. The van der Waals surface area contributed by atoms with Crippen molar-refractivity contribution >= 4 is 14.3 Å². The van der Waals surface area contributed by atoms with E-state index < -0.39 is 50.1 Å². The molecule has 3 atom stereocenters. The Balaban J connectivity index is 1.82. The molecule has 12 heteroatoms. The van der Waals surface area contributed by atoms with Crippen LogP contribution in [0, 0.1) is 6.92 Å². The van der Waals surface area contributed by atoms with Crippen LogP contribution >= 0.6 is 0 Å². The van der Waals surface area contributed by atoms with E-state index in [-0.39, 0.29) is 18.6 Å². The molecule has 8 nitrogen and oxygen atoms in total. The lowest BCUT2D eigenvalue weighted by molar-refractivity contribution is -0.207. The Labute approximate surface area is 177 Å². The Morgan fingerprint density at radius 2 is 1.97 bits per heavy atom. The number of rotatable bonds is 6. The largest absolute Gasteiger partial charge is 0.490 e. The number of esters is 1. The normalized spacial score (nSPS) is 25.8. The molecule has 2 saturated heterocycles. The van der Waals surface area contributed by atoms with Gasteiger partial charge in [-0.05, 0) is 24.6 Å². The van der Waals surface area contributed by atoms with Gasteiger partial charge in [-0.25, -0.2) is 9.59 Å². The lowest BCUT2D eigenvalue weighted by Crippen LogP contribution is -2.43. The molecule has 0 saturated carbocycles. The summed E-state index contributed by atoms with van der Waals surface area (Å²) < 4.78 is 56.2. The zero-order valence-corrected chi connectivity index (χ0v) is 18.7. The summed E-state index contributed by atoms with van der Waals surface area (Å²) in [5.41, 5.74) is -0.756. The van der Waals surface area contributed by atoms with Gasteiger partial charge in [0.25, 0.3) is 5.56 Å². The standard InChI is InChI=1S/C19H27F3N2O6Si/c1-11(2)31(6-4-5-7-31)28-10-14-13(30-17(26)19(20,21)22)8-15(29-14)24-9-12(3)16(25)23-18(24)27/h9,11,13-15H,4-8,10H2,1-3H3,(H,23,25,27)/t13?,14-,15-/m0/s1. The first-order valence-corrected chi connectivity index (χ1v) is 12.7. The van der Waals surface area contributed by atoms with Crippen molar-refractivity contribution in [3.8, 4) is 0 Å². The predicted molar refractivity (Wildman–Crippen MR) is 106 cm³/mol. The first-order chi connectivity index (χ1) is 14.4. The second-order valence-electron chi connectivity index (χ2n) is 8.52. The summed E-state index contributed by atoms with van der Waals surface area (Å²) in [4.78, 5) is 37.4. The quantitative estimate of drug-likeness (QED) is 0.513. The molecule has 1 aromatic heterocycles. The summed E-state index contributed by atoms with van der Waals surface area (Å²) in [6.45, 7) is 5.64.